The highest BCUT2D eigenvalue weighted by Gasteiger charge is 2.59. The molecule has 2 aromatic rings. The molecule has 1 aliphatic carbocycles. The number of hydrogen-bond donors (Lipinski definition) is 2. The van der Waals surface area contributed by atoms with Crippen molar-refractivity contribution in [2.24, 2.45) is 0 Å². The SMILES string of the molecule is O=C(NCc1c(F)cc(F)cc1F)c1cn2c(cc1=O)C(=O)N1[C@H]3CC[C@@](O)(C3)[C@@H]1C2. The lowest BCUT2D eigenvalue weighted by Crippen LogP contribution is -2.57. The van der Waals surface area contributed by atoms with Gasteiger partial charge in [-0.2, -0.15) is 0 Å². The molecule has 1 saturated carbocycles. The van der Waals surface area contributed by atoms with Crippen molar-refractivity contribution in [2.45, 2.75) is 50.0 Å². The molecular weight excluding hydrogens is 415 g/mol. The molecule has 2 bridgehead atoms. The van der Waals surface area contributed by atoms with Crippen LogP contribution in [0.15, 0.2) is 29.2 Å². The molecule has 2 aliphatic heterocycles. The van der Waals surface area contributed by atoms with Crippen LogP contribution >= 0.6 is 0 Å². The number of carbonyl (C=O) groups is 2. The van der Waals surface area contributed by atoms with E-state index in [0.29, 0.717) is 31.4 Å². The summed E-state index contributed by atoms with van der Waals surface area (Å²) in [6, 6.07) is 1.57. The minimum atomic E-state index is -1.16. The average molecular weight is 433 g/mol. The maximum atomic E-state index is 13.8. The number of piperidine rings is 1. The standard InChI is InChI=1S/C21H18F3N3O4/c22-10-3-14(23)12(15(24)4-10)7-25-19(29)13-8-26-9-18-21(31)2-1-11(6-21)27(18)20(30)16(26)5-17(13)28/h3-5,8,11,18,31H,1-2,6-7,9H2,(H,25,29)/t11-,18-,21+/m0/s1. The van der Waals surface area contributed by atoms with Gasteiger partial charge in [0.15, 0.2) is 5.43 Å². The number of aromatic nitrogens is 1. The Morgan fingerprint density at radius 2 is 1.90 bits per heavy atom. The fraction of sp³-hybridized carbons (Fsp3) is 0.381. The van der Waals surface area contributed by atoms with Gasteiger partial charge in [0.1, 0.15) is 28.7 Å². The molecule has 2 fully saturated rings. The van der Waals surface area contributed by atoms with E-state index < -0.39 is 52.5 Å². The Hall–Kier alpha value is -3.14. The molecule has 7 nitrogen and oxygen atoms in total. The fourth-order valence-corrected chi connectivity index (χ4v) is 5.05. The van der Waals surface area contributed by atoms with Crippen LogP contribution < -0.4 is 10.7 Å². The van der Waals surface area contributed by atoms with E-state index in [1.54, 1.807) is 4.90 Å². The Kier molecular flexibility index (Phi) is 4.27. The van der Waals surface area contributed by atoms with Crippen LogP contribution in [0.25, 0.3) is 0 Å². The quantitative estimate of drug-likeness (QED) is 0.764. The van der Waals surface area contributed by atoms with Gasteiger partial charge in [0.2, 0.25) is 0 Å². The number of fused-ring (bicyclic) bond motifs is 6. The molecule has 3 atom stereocenters. The normalized spacial score (nSPS) is 26.1. The van der Waals surface area contributed by atoms with E-state index >= 15 is 0 Å². The first kappa shape index (κ1) is 19.8. The Morgan fingerprint density at radius 3 is 2.61 bits per heavy atom. The predicted octanol–water partition coefficient (Wildman–Crippen LogP) is 1.32. The van der Waals surface area contributed by atoms with Crippen LogP contribution in [0.1, 0.15) is 45.7 Å². The highest BCUT2D eigenvalue weighted by atomic mass is 19.1. The lowest BCUT2D eigenvalue weighted by molar-refractivity contribution is -0.0242. The number of nitrogens with zero attached hydrogens (tertiary/aromatic N) is 2. The van der Waals surface area contributed by atoms with E-state index in [1.807, 2.05) is 0 Å². The summed E-state index contributed by atoms with van der Waals surface area (Å²) in [5, 5.41) is 13.1. The van der Waals surface area contributed by atoms with Crippen molar-refractivity contribution in [1.82, 2.24) is 14.8 Å². The first-order valence-electron chi connectivity index (χ1n) is 9.89. The monoisotopic (exact) mass is 433 g/mol. The van der Waals surface area contributed by atoms with E-state index in [4.69, 9.17) is 0 Å². The Morgan fingerprint density at radius 1 is 1.19 bits per heavy atom. The molecule has 0 unspecified atom stereocenters. The number of amides is 2. The summed E-state index contributed by atoms with van der Waals surface area (Å²) in [5.41, 5.74) is -2.41. The number of hydrogen-bond acceptors (Lipinski definition) is 4. The maximum Gasteiger partial charge on any atom is 0.271 e. The Balaban J connectivity index is 1.42. The molecule has 1 saturated heterocycles. The molecule has 5 rings (SSSR count). The van der Waals surface area contributed by atoms with Gasteiger partial charge in [-0.25, -0.2) is 13.2 Å². The number of carbonyl (C=O) groups excluding carboxylic acids is 2. The lowest BCUT2D eigenvalue weighted by Gasteiger charge is -2.43. The van der Waals surface area contributed by atoms with Gasteiger partial charge in [0.05, 0.1) is 11.6 Å². The van der Waals surface area contributed by atoms with Crippen LogP contribution in [-0.2, 0) is 13.1 Å². The number of pyridine rings is 1. The zero-order chi connectivity index (χ0) is 22.1. The summed E-state index contributed by atoms with van der Waals surface area (Å²) in [5.74, 6) is -4.65. The first-order chi connectivity index (χ1) is 14.7. The zero-order valence-electron chi connectivity index (χ0n) is 16.2. The van der Waals surface area contributed by atoms with Gasteiger partial charge >= 0.3 is 0 Å². The Bertz CT molecular complexity index is 1170. The van der Waals surface area contributed by atoms with Gasteiger partial charge in [-0.3, -0.25) is 14.4 Å². The van der Waals surface area contributed by atoms with Gasteiger partial charge in [-0.15, -0.1) is 0 Å². The number of nitrogens with one attached hydrogen (secondary N) is 1. The van der Waals surface area contributed by atoms with Gasteiger partial charge < -0.3 is 19.9 Å². The summed E-state index contributed by atoms with van der Waals surface area (Å²) >= 11 is 0. The minimum Gasteiger partial charge on any atom is -0.388 e. The largest absolute Gasteiger partial charge is 0.388 e. The second-order valence-corrected chi connectivity index (χ2v) is 8.35. The molecule has 3 aliphatic rings. The maximum absolute atomic E-state index is 13.8. The summed E-state index contributed by atoms with van der Waals surface area (Å²) in [4.78, 5) is 39.6. The zero-order valence-corrected chi connectivity index (χ0v) is 16.2. The Labute approximate surface area is 174 Å². The molecule has 2 N–H and O–H groups in total. The highest BCUT2D eigenvalue weighted by molar-refractivity contribution is 5.97. The molecule has 0 spiro atoms. The molecule has 2 amide bonds. The van der Waals surface area contributed by atoms with E-state index in [2.05, 4.69) is 5.32 Å². The molecule has 162 valence electrons. The van der Waals surface area contributed by atoms with Crippen LogP contribution in [0.5, 0.6) is 0 Å². The molecule has 1 aromatic carbocycles. The summed E-state index contributed by atoms with van der Waals surface area (Å²) in [6.45, 7) is -0.357. The topological polar surface area (TPSA) is 91.6 Å². The number of benzene rings is 1. The van der Waals surface area contributed by atoms with Crippen LogP contribution in [-0.4, -0.2) is 44.1 Å². The third kappa shape index (κ3) is 2.96. The number of rotatable bonds is 3. The molecule has 3 heterocycles. The second-order valence-electron chi connectivity index (χ2n) is 8.35. The van der Waals surface area contributed by atoms with E-state index in [9.17, 15) is 32.7 Å². The van der Waals surface area contributed by atoms with Crippen molar-refractivity contribution in [3.05, 3.63) is 68.9 Å². The summed E-state index contributed by atoms with van der Waals surface area (Å²) < 4.78 is 42.1. The molecule has 0 radical (unpaired) electrons. The number of aliphatic hydroxyl groups is 1. The molecule has 1 aromatic heterocycles. The van der Waals surface area contributed by atoms with Crippen molar-refractivity contribution in [3.8, 4) is 0 Å². The predicted molar refractivity (Wildman–Crippen MR) is 101 cm³/mol. The van der Waals surface area contributed by atoms with E-state index in [0.717, 1.165) is 6.07 Å². The van der Waals surface area contributed by atoms with Gasteiger partial charge in [-0.1, -0.05) is 0 Å². The minimum absolute atomic E-state index is 0.0603. The van der Waals surface area contributed by atoms with Gasteiger partial charge in [0, 0.05) is 49.1 Å². The summed E-state index contributed by atoms with van der Waals surface area (Å²) in [7, 11) is 0. The smallest absolute Gasteiger partial charge is 0.271 e. The van der Waals surface area contributed by atoms with E-state index in [1.165, 1.54) is 10.8 Å². The third-order valence-electron chi connectivity index (χ3n) is 6.58. The molecule has 31 heavy (non-hydrogen) atoms. The average Bonchev–Trinajstić information content (AvgIpc) is 3.21. The van der Waals surface area contributed by atoms with Gasteiger partial charge in [-0.05, 0) is 19.3 Å². The van der Waals surface area contributed by atoms with Gasteiger partial charge in [0.25, 0.3) is 11.8 Å². The third-order valence-corrected chi connectivity index (χ3v) is 6.58. The molecular formula is C21H18F3N3O4. The van der Waals surface area contributed by atoms with Crippen molar-refractivity contribution in [2.75, 3.05) is 0 Å². The van der Waals surface area contributed by atoms with E-state index in [-0.39, 0.29) is 29.8 Å². The molecule has 10 heteroatoms. The van der Waals surface area contributed by atoms with Crippen molar-refractivity contribution in [3.63, 3.8) is 0 Å². The second kappa shape index (κ2) is 6.68. The van der Waals surface area contributed by atoms with Crippen molar-refractivity contribution in [1.29, 1.82) is 0 Å². The fourth-order valence-electron chi connectivity index (χ4n) is 5.05. The van der Waals surface area contributed by atoms with Crippen LogP contribution in [0.4, 0.5) is 13.2 Å². The van der Waals surface area contributed by atoms with Crippen LogP contribution in [0.3, 0.4) is 0 Å². The number of halogens is 3. The summed E-state index contributed by atoms with van der Waals surface area (Å²) in [6.07, 6.45) is 3.02. The van der Waals surface area contributed by atoms with Crippen molar-refractivity contribution >= 4 is 11.8 Å². The first-order valence-corrected chi connectivity index (χ1v) is 9.89. The highest BCUT2D eigenvalue weighted by Crippen LogP contribution is 2.48. The van der Waals surface area contributed by atoms with Crippen molar-refractivity contribution < 1.29 is 27.9 Å². The lowest BCUT2D eigenvalue weighted by atomic mass is 9.91. The van der Waals surface area contributed by atoms with Crippen LogP contribution in [0, 0.1) is 17.5 Å². The van der Waals surface area contributed by atoms with Crippen LogP contribution in [0.2, 0.25) is 0 Å².